The summed E-state index contributed by atoms with van der Waals surface area (Å²) in [5.74, 6) is 0.268. The minimum absolute atomic E-state index is 0.268. The second kappa shape index (κ2) is 3.64. The summed E-state index contributed by atoms with van der Waals surface area (Å²) < 4.78 is 35.5. The van der Waals surface area contributed by atoms with Crippen molar-refractivity contribution in [2.75, 3.05) is 0 Å². The van der Waals surface area contributed by atoms with Gasteiger partial charge in [-0.15, -0.1) is 5.98 Å². The van der Waals surface area contributed by atoms with Crippen LogP contribution in [0, 0.1) is 6.92 Å². The van der Waals surface area contributed by atoms with Crippen LogP contribution in [0.3, 0.4) is 0 Å². The Kier molecular flexibility index (Phi) is 2.75. The maximum absolute atomic E-state index is 11.8. The summed E-state index contributed by atoms with van der Waals surface area (Å²) in [5, 5.41) is 0. The van der Waals surface area contributed by atoms with Gasteiger partial charge in [0.05, 0.1) is 0 Å². The summed E-state index contributed by atoms with van der Waals surface area (Å²) >= 11 is 0. The van der Waals surface area contributed by atoms with Gasteiger partial charge in [-0.25, -0.2) is 0 Å². The number of rotatable bonds is 2. The Morgan fingerprint density at radius 2 is 2.08 bits per heavy atom. The maximum Gasteiger partial charge on any atom is 0.502 e. The minimum atomic E-state index is -4.85. The second-order valence-electron chi connectivity index (χ2n) is 2.72. The van der Waals surface area contributed by atoms with Crippen molar-refractivity contribution < 1.29 is 12.9 Å². The molecule has 0 spiro atoms. The predicted molar refractivity (Wildman–Crippen MR) is 47.1 cm³/mol. The summed E-state index contributed by atoms with van der Waals surface area (Å²) in [6.45, 7) is -3.11. The summed E-state index contributed by atoms with van der Waals surface area (Å²) in [5.41, 5.74) is 1.29. The van der Waals surface area contributed by atoms with E-state index in [1.807, 2.05) is 0 Å². The summed E-state index contributed by atoms with van der Waals surface area (Å²) in [6.07, 6.45) is 4.00. The summed E-state index contributed by atoms with van der Waals surface area (Å²) in [4.78, 5) is 3.73. The third kappa shape index (κ3) is 3.31. The lowest BCUT2D eigenvalue weighted by Crippen LogP contribution is -2.09. The van der Waals surface area contributed by atoms with E-state index in [-0.39, 0.29) is 5.98 Å². The lowest BCUT2D eigenvalue weighted by Gasteiger charge is -2.06. The molecule has 0 unspecified atom stereocenters. The molecule has 0 saturated carbocycles. The number of hydrogen-bond acceptors (Lipinski definition) is 1. The Morgan fingerprint density at radius 3 is 2.62 bits per heavy atom. The Morgan fingerprint density at radius 1 is 1.38 bits per heavy atom. The van der Waals surface area contributed by atoms with Crippen LogP contribution in [-0.2, 0) is 0 Å². The van der Waals surface area contributed by atoms with Crippen LogP contribution in [0.25, 0.3) is 6.08 Å². The van der Waals surface area contributed by atoms with Crippen LogP contribution in [0.4, 0.5) is 12.9 Å². The smallest absolute Gasteiger partial charge is 0.445 e. The van der Waals surface area contributed by atoms with Gasteiger partial charge in [-0.1, -0.05) is 6.08 Å². The molecule has 1 aromatic rings. The molecule has 1 nitrogen and oxygen atoms in total. The fraction of sp³-hybridized carbons (Fsp3) is 0.125. The van der Waals surface area contributed by atoms with E-state index in [1.54, 1.807) is 19.2 Å². The molecule has 0 radical (unpaired) electrons. The molecule has 0 aliphatic heterocycles. The Labute approximate surface area is 74.4 Å². The average Bonchev–Trinajstić information content (AvgIpc) is 2.01. The number of aryl methyl sites for hydroxylation is 1. The first-order valence-electron chi connectivity index (χ1n) is 3.79. The highest BCUT2D eigenvalue weighted by Crippen LogP contribution is 2.14. The lowest BCUT2D eigenvalue weighted by atomic mass is 9.90. The van der Waals surface area contributed by atoms with E-state index in [0.717, 1.165) is 11.6 Å². The number of aromatic nitrogens is 1. The quantitative estimate of drug-likeness (QED) is 0.647. The van der Waals surface area contributed by atoms with Crippen molar-refractivity contribution in [2.24, 2.45) is 0 Å². The van der Waals surface area contributed by atoms with Crippen molar-refractivity contribution in [1.82, 2.24) is 4.98 Å². The maximum atomic E-state index is 11.8. The van der Waals surface area contributed by atoms with Crippen LogP contribution in [0.15, 0.2) is 24.4 Å². The van der Waals surface area contributed by atoms with Crippen LogP contribution in [0.1, 0.15) is 11.1 Å². The van der Waals surface area contributed by atoms with E-state index >= 15 is 0 Å². The molecule has 1 heterocycles. The molecular weight excluding hydrogens is 178 g/mol. The molecule has 13 heavy (non-hydrogen) atoms. The Bertz CT molecular complexity index is 319. The van der Waals surface area contributed by atoms with Gasteiger partial charge in [0.25, 0.3) is 0 Å². The third-order valence-corrected chi connectivity index (χ3v) is 1.57. The Hall–Kier alpha value is -1.26. The molecule has 1 rings (SSSR count). The first kappa shape index (κ1) is 9.83. The van der Waals surface area contributed by atoms with Gasteiger partial charge in [-0.05, 0) is 24.1 Å². The normalized spacial score (nSPS) is 12.3. The van der Waals surface area contributed by atoms with E-state index in [1.165, 1.54) is 6.20 Å². The molecule has 70 valence electrons. The fourth-order valence-corrected chi connectivity index (χ4v) is 0.863. The molecule has 0 amide bonds. The molecule has 0 N–H and O–H groups in total. The summed E-state index contributed by atoms with van der Waals surface area (Å²) in [7, 11) is 0. The number of hydrogen-bond donors (Lipinski definition) is 0. The van der Waals surface area contributed by atoms with Gasteiger partial charge in [-0.3, -0.25) is 4.98 Å². The van der Waals surface area contributed by atoms with Gasteiger partial charge in [-0.2, -0.15) is 0 Å². The predicted octanol–water partition coefficient (Wildman–Crippen LogP) is 2.79. The standard InChI is InChI=1S/C8H8BF3N/c1-7-3-5-13-6-8(7)2-4-9(10,11)12/h2-6H,1H3/q-1/b4-2+. The topological polar surface area (TPSA) is 12.9 Å². The molecule has 0 aromatic carbocycles. The van der Waals surface area contributed by atoms with Crippen LogP contribution in [0.5, 0.6) is 0 Å². The first-order valence-corrected chi connectivity index (χ1v) is 3.79. The van der Waals surface area contributed by atoms with E-state index in [0.29, 0.717) is 5.56 Å². The average molecular weight is 186 g/mol. The van der Waals surface area contributed by atoms with Crippen molar-refractivity contribution in [3.05, 3.63) is 35.6 Å². The van der Waals surface area contributed by atoms with E-state index < -0.39 is 6.98 Å². The largest absolute Gasteiger partial charge is 0.502 e. The van der Waals surface area contributed by atoms with Gasteiger partial charge >= 0.3 is 6.98 Å². The van der Waals surface area contributed by atoms with Gasteiger partial charge in [0.15, 0.2) is 0 Å². The molecule has 0 aliphatic carbocycles. The zero-order valence-corrected chi connectivity index (χ0v) is 7.05. The number of pyridine rings is 1. The Balaban J connectivity index is 2.86. The number of nitrogens with zero attached hydrogens (tertiary/aromatic N) is 1. The molecule has 5 heteroatoms. The highest BCUT2D eigenvalue weighted by atomic mass is 19.4. The minimum Gasteiger partial charge on any atom is -0.445 e. The van der Waals surface area contributed by atoms with Crippen molar-refractivity contribution in [3.63, 3.8) is 0 Å². The molecule has 0 aliphatic rings. The van der Waals surface area contributed by atoms with Crippen molar-refractivity contribution in [2.45, 2.75) is 6.92 Å². The second-order valence-corrected chi connectivity index (χ2v) is 2.72. The van der Waals surface area contributed by atoms with Crippen molar-refractivity contribution in [1.29, 1.82) is 0 Å². The zero-order chi connectivity index (χ0) is 9.90. The third-order valence-electron chi connectivity index (χ3n) is 1.57. The van der Waals surface area contributed by atoms with Crippen molar-refractivity contribution >= 4 is 13.1 Å². The highest BCUT2D eigenvalue weighted by molar-refractivity contribution is 6.64. The van der Waals surface area contributed by atoms with E-state index in [9.17, 15) is 12.9 Å². The monoisotopic (exact) mass is 186 g/mol. The highest BCUT2D eigenvalue weighted by Gasteiger charge is 2.17. The SMILES string of the molecule is Cc1ccncc1/C=C/[B-](F)(F)F. The first-order chi connectivity index (χ1) is 5.99. The molecule has 0 atom stereocenters. The molecular formula is C8H8BF3N-. The fourth-order valence-electron chi connectivity index (χ4n) is 0.863. The lowest BCUT2D eigenvalue weighted by molar-refractivity contribution is 0.499. The van der Waals surface area contributed by atoms with Crippen molar-refractivity contribution in [3.8, 4) is 0 Å². The van der Waals surface area contributed by atoms with Crippen LogP contribution < -0.4 is 0 Å². The summed E-state index contributed by atoms with van der Waals surface area (Å²) in [6, 6.07) is 1.67. The zero-order valence-electron chi connectivity index (χ0n) is 7.05. The van der Waals surface area contributed by atoms with Crippen LogP contribution >= 0.6 is 0 Å². The van der Waals surface area contributed by atoms with Gasteiger partial charge in [0, 0.05) is 12.4 Å². The molecule has 0 fully saturated rings. The van der Waals surface area contributed by atoms with E-state index in [2.05, 4.69) is 4.98 Å². The molecule has 1 aromatic heterocycles. The van der Waals surface area contributed by atoms with Gasteiger partial charge in [0.2, 0.25) is 0 Å². The van der Waals surface area contributed by atoms with E-state index in [4.69, 9.17) is 0 Å². The van der Waals surface area contributed by atoms with Gasteiger partial charge < -0.3 is 12.9 Å². The van der Waals surface area contributed by atoms with Gasteiger partial charge in [0.1, 0.15) is 0 Å². The molecule has 0 bridgehead atoms. The molecule has 0 saturated heterocycles. The van der Waals surface area contributed by atoms with Crippen LogP contribution in [0.2, 0.25) is 0 Å². The van der Waals surface area contributed by atoms with Crippen LogP contribution in [-0.4, -0.2) is 12.0 Å². The number of halogens is 3.